The van der Waals surface area contributed by atoms with Gasteiger partial charge in [0.25, 0.3) is 5.91 Å². The Hall–Kier alpha value is -3.58. The van der Waals surface area contributed by atoms with Gasteiger partial charge in [-0.1, -0.05) is 12.1 Å². The number of aromatic nitrogens is 1. The van der Waals surface area contributed by atoms with Crippen LogP contribution in [0.25, 0.3) is 22.3 Å². The van der Waals surface area contributed by atoms with E-state index in [1.54, 1.807) is 13.3 Å². The number of nitrogen functional groups attached to an aromatic ring is 1. The lowest BCUT2D eigenvalue weighted by Crippen LogP contribution is -2.36. The van der Waals surface area contributed by atoms with Gasteiger partial charge in [-0.2, -0.15) is 0 Å². The van der Waals surface area contributed by atoms with Gasteiger partial charge in [0, 0.05) is 73.1 Å². The van der Waals surface area contributed by atoms with Crippen LogP contribution in [0.2, 0.25) is 0 Å². The van der Waals surface area contributed by atoms with Crippen molar-refractivity contribution in [1.82, 2.24) is 10.3 Å². The van der Waals surface area contributed by atoms with Crippen LogP contribution in [0.15, 0.2) is 48.7 Å². The van der Waals surface area contributed by atoms with Crippen LogP contribution in [0.1, 0.15) is 28.8 Å². The number of hydrogen-bond donors (Lipinski definition) is 2. The molecule has 7 nitrogen and oxygen atoms in total. The Morgan fingerprint density at radius 2 is 1.85 bits per heavy atom. The Balaban J connectivity index is 1.49. The number of methoxy groups -OCH3 is 1. The Bertz CT molecular complexity index is 1220. The summed E-state index contributed by atoms with van der Waals surface area (Å²) in [5.74, 6) is 1.22. The molecule has 0 radical (unpaired) electrons. The molecule has 3 heterocycles. The van der Waals surface area contributed by atoms with Gasteiger partial charge in [-0.3, -0.25) is 4.79 Å². The van der Waals surface area contributed by atoms with Crippen LogP contribution >= 0.6 is 0 Å². The van der Waals surface area contributed by atoms with E-state index in [1.807, 2.05) is 18.2 Å². The van der Waals surface area contributed by atoms with Gasteiger partial charge in [-0.05, 0) is 54.7 Å². The van der Waals surface area contributed by atoms with E-state index in [1.165, 1.54) is 0 Å². The minimum absolute atomic E-state index is 0.0248. The second kappa shape index (κ2) is 9.35. The van der Waals surface area contributed by atoms with E-state index in [9.17, 15) is 4.79 Å². The maximum atomic E-state index is 12.1. The van der Waals surface area contributed by atoms with Crippen LogP contribution in [-0.4, -0.2) is 50.8 Å². The van der Waals surface area contributed by atoms with Crippen molar-refractivity contribution in [3.63, 3.8) is 0 Å². The monoisotopic (exact) mass is 458 g/mol. The molecular weight excluding hydrogens is 428 g/mol. The standard InChI is InChI=1S/C27H30N4O3/c1-31(20-8-11-34-12-9-20)21-4-6-22(25(15-21)33-2)19-14-24(26(28)30-16-19)17-3-5-23-18(13-17)7-10-29-27(23)32/h3-6,13-16,20H,7-12H2,1-2H3,(H2,28,30)(H,29,32). The smallest absolute Gasteiger partial charge is 0.251 e. The van der Waals surface area contributed by atoms with E-state index < -0.39 is 0 Å². The fourth-order valence-electron chi connectivity index (χ4n) is 4.87. The van der Waals surface area contributed by atoms with Gasteiger partial charge >= 0.3 is 0 Å². The molecule has 0 bridgehead atoms. The number of pyridine rings is 1. The van der Waals surface area contributed by atoms with Crippen molar-refractivity contribution in [1.29, 1.82) is 0 Å². The molecule has 0 atom stereocenters. The van der Waals surface area contributed by atoms with Crippen LogP contribution in [0, 0.1) is 0 Å². The molecule has 1 aromatic heterocycles. The van der Waals surface area contributed by atoms with Gasteiger partial charge in [0.1, 0.15) is 11.6 Å². The summed E-state index contributed by atoms with van der Waals surface area (Å²) in [7, 11) is 3.82. The molecule has 2 aliphatic rings. The van der Waals surface area contributed by atoms with Crippen LogP contribution in [0.3, 0.4) is 0 Å². The number of rotatable bonds is 5. The van der Waals surface area contributed by atoms with Crippen molar-refractivity contribution in [3.05, 3.63) is 59.8 Å². The van der Waals surface area contributed by atoms with Crippen molar-refractivity contribution in [3.8, 4) is 28.0 Å². The first-order valence-electron chi connectivity index (χ1n) is 11.7. The van der Waals surface area contributed by atoms with Crippen LogP contribution in [0.4, 0.5) is 11.5 Å². The Labute approximate surface area is 199 Å². The summed E-state index contributed by atoms with van der Waals surface area (Å²) < 4.78 is 11.3. The second-order valence-electron chi connectivity index (χ2n) is 8.87. The molecule has 1 amide bonds. The predicted octanol–water partition coefficient (Wildman–Crippen LogP) is 3.91. The maximum absolute atomic E-state index is 12.1. The number of carbonyl (C=O) groups is 1. The average Bonchev–Trinajstić information content (AvgIpc) is 2.88. The third-order valence-electron chi connectivity index (χ3n) is 6.90. The zero-order chi connectivity index (χ0) is 23.7. The summed E-state index contributed by atoms with van der Waals surface area (Å²) in [6.45, 7) is 2.25. The van der Waals surface area contributed by atoms with E-state index in [0.29, 0.717) is 18.4 Å². The molecule has 0 spiro atoms. The fourth-order valence-corrected chi connectivity index (χ4v) is 4.87. The number of hydrogen-bond acceptors (Lipinski definition) is 6. The van der Waals surface area contributed by atoms with Crippen molar-refractivity contribution >= 4 is 17.4 Å². The number of benzene rings is 2. The molecule has 0 unspecified atom stereocenters. The third kappa shape index (κ3) is 4.19. The van der Waals surface area contributed by atoms with E-state index in [-0.39, 0.29) is 5.91 Å². The SMILES string of the molecule is COc1cc(N(C)C2CCOCC2)ccc1-c1cnc(N)c(-c2ccc3c(c2)CCNC3=O)c1. The first-order chi connectivity index (χ1) is 16.5. The highest BCUT2D eigenvalue weighted by atomic mass is 16.5. The van der Waals surface area contributed by atoms with Crippen LogP contribution < -0.4 is 20.7 Å². The summed E-state index contributed by atoms with van der Waals surface area (Å²) in [5.41, 5.74) is 12.8. The number of fused-ring (bicyclic) bond motifs is 1. The predicted molar refractivity (Wildman–Crippen MR) is 134 cm³/mol. The second-order valence-corrected chi connectivity index (χ2v) is 8.87. The molecule has 2 aromatic carbocycles. The maximum Gasteiger partial charge on any atom is 0.251 e. The van der Waals surface area contributed by atoms with Gasteiger partial charge in [0.05, 0.1) is 7.11 Å². The Morgan fingerprint density at radius 3 is 2.65 bits per heavy atom. The first-order valence-corrected chi connectivity index (χ1v) is 11.7. The van der Waals surface area contributed by atoms with Gasteiger partial charge in [0.15, 0.2) is 0 Å². The number of ether oxygens (including phenoxy) is 2. The lowest BCUT2D eigenvalue weighted by Gasteiger charge is -2.33. The highest BCUT2D eigenvalue weighted by molar-refractivity contribution is 5.97. The van der Waals surface area contributed by atoms with E-state index in [0.717, 1.165) is 77.3 Å². The number of nitrogens with zero attached hydrogens (tertiary/aromatic N) is 2. The fraction of sp³-hybridized carbons (Fsp3) is 0.333. The molecular formula is C27H30N4O3. The molecule has 1 fully saturated rings. The van der Waals surface area contributed by atoms with Crippen molar-refractivity contribution in [2.75, 3.05) is 44.5 Å². The molecule has 1 saturated heterocycles. The van der Waals surface area contributed by atoms with Crippen molar-refractivity contribution < 1.29 is 14.3 Å². The summed E-state index contributed by atoms with van der Waals surface area (Å²) in [5, 5.41) is 2.89. The number of carbonyl (C=O) groups excluding carboxylic acids is 1. The van der Waals surface area contributed by atoms with Gasteiger partial charge in [-0.15, -0.1) is 0 Å². The van der Waals surface area contributed by atoms with Crippen LogP contribution in [0.5, 0.6) is 5.75 Å². The Kier molecular flexibility index (Phi) is 6.11. The lowest BCUT2D eigenvalue weighted by atomic mass is 9.94. The first kappa shape index (κ1) is 22.2. The molecule has 34 heavy (non-hydrogen) atoms. The van der Waals surface area contributed by atoms with E-state index >= 15 is 0 Å². The van der Waals surface area contributed by atoms with Crippen molar-refractivity contribution in [2.24, 2.45) is 0 Å². The number of anilines is 2. The molecule has 7 heteroatoms. The number of nitrogens with two attached hydrogens (primary N) is 1. The molecule has 2 aliphatic heterocycles. The minimum atomic E-state index is -0.0248. The quantitative estimate of drug-likeness (QED) is 0.603. The highest BCUT2D eigenvalue weighted by Gasteiger charge is 2.21. The average molecular weight is 459 g/mol. The molecule has 5 rings (SSSR count). The minimum Gasteiger partial charge on any atom is -0.496 e. The van der Waals surface area contributed by atoms with Gasteiger partial charge in [-0.25, -0.2) is 4.98 Å². The molecule has 3 aromatic rings. The molecule has 3 N–H and O–H groups in total. The molecule has 0 aliphatic carbocycles. The van der Waals surface area contributed by atoms with E-state index in [4.69, 9.17) is 15.2 Å². The summed E-state index contributed by atoms with van der Waals surface area (Å²) in [6, 6.07) is 14.6. The van der Waals surface area contributed by atoms with Gasteiger partial charge < -0.3 is 25.4 Å². The number of amides is 1. The summed E-state index contributed by atoms with van der Waals surface area (Å²) >= 11 is 0. The zero-order valence-electron chi connectivity index (χ0n) is 19.6. The molecule has 176 valence electrons. The largest absolute Gasteiger partial charge is 0.496 e. The van der Waals surface area contributed by atoms with E-state index in [2.05, 4.69) is 46.5 Å². The van der Waals surface area contributed by atoms with Crippen molar-refractivity contribution in [2.45, 2.75) is 25.3 Å². The summed E-state index contributed by atoms with van der Waals surface area (Å²) in [6.07, 6.45) is 4.63. The topological polar surface area (TPSA) is 89.7 Å². The molecule has 0 saturated carbocycles. The van der Waals surface area contributed by atoms with Crippen LogP contribution in [-0.2, 0) is 11.2 Å². The Morgan fingerprint density at radius 1 is 1.06 bits per heavy atom. The van der Waals surface area contributed by atoms with Gasteiger partial charge in [0.2, 0.25) is 0 Å². The highest BCUT2D eigenvalue weighted by Crippen LogP contribution is 2.37. The summed E-state index contributed by atoms with van der Waals surface area (Å²) in [4.78, 5) is 18.9. The zero-order valence-corrected chi connectivity index (χ0v) is 19.6. The third-order valence-corrected chi connectivity index (χ3v) is 6.90. The normalized spacial score (nSPS) is 16.0. The lowest BCUT2D eigenvalue weighted by molar-refractivity contribution is 0.0855. The number of nitrogens with one attached hydrogen (secondary N) is 1.